The van der Waals surface area contributed by atoms with E-state index in [1.54, 1.807) is 11.8 Å². The predicted octanol–water partition coefficient (Wildman–Crippen LogP) is 8.03. The largest absolute Gasteiger partial charge is 0.128 e. The van der Waals surface area contributed by atoms with Crippen LogP contribution >= 0.6 is 46.3 Å². The Kier molecular flexibility index (Phi) is 4.55. The van der Waals surface area contributed by atoms with Crippen LogP contribution in [0.4, 0.5) is 0 Å². The molecule has 0 unspecified atom stereocenters. The first-order valence-corrected chi connectivity index (χ1v) is 9.80. The lowest BCUT2D eigenvalue weighted by Crippen LogP contribution is -1.79. The van der Waals surface area contributed by atoms with E-state index < -0.39 is 0 Å². The molecule has 0 atom stereocenters. The fourth-order valence-electron chi connectivity index (χ4n) is 2.59. The lowest BCUT2D eigenvalue weighted by molar-refractivity contribution is 1.46. The van der Waals surface area contributed by atoms with Gasteiger partial charge in [0, 0.05) is 30.6 Å². The first kappa shape index (κ1) is 16.0. The molecule has 0 aliphatic carbocycles. The van der Waals surface area contributed by atoms with Crippen molar-refractivity contribution in [1.82, 2.24) is 0 Å². The third kappa shape index (κ3) is 3.20. The molecule has 24 heavy (non-hydrogen) atoms. The number of benzene rings is 3. The second kappa shape index (κ2) is 6.81. The van der Waals surface area contributed by atoms with E-state index in [1.807, 2.05) is 35.6 Å². The van der Waals surface area contributed by atoms with Gasteiger partial charge in [-0.25, -0.2) is 0 Å². The average Bonchev–Trinajstić information content (AvgIpc) is 2.96. The summed E-state index contributed by atoms with van der Waals surface area (Å²) in [7, 11) is 0. The van der Waals surface area contributed by atoms with E-state index in [0.29, 0.717) is 0 Å². The summed E-state index contributed by atoms with van der Waals surface area (Å²) in [5, 5.41) is 2.79. The van der Waals surface area contributed by atoms with Crippen molar-refractivity contribution in [3.05, 3.63) is 82.8 Å². The lowest BCUT2D eigenvalue weighted by Gasteiger charge is -2.06. The number of hydrogen-bond acceptors (Lipinski definition) is 2. The van der Waals surface area contributed by atoms with Crippen LogP contribution in [0.5, 0.6) is 0 Å². The lowest BCUT2D eigenvalue weighted by atomic mass is 10.1. The highest BCUT2D eigenvalue weighted by Gasteiger charge is 2.15. The van der Waals surface area contributed by atoms with E-state index in [2.05, 4.69) is 48.5 Å². The highest BCUT2D eigenvalue weighted by molar-refractivity contribution is 8.01. The summed E-state index contributed by atoms with van der Waals surface area (Å²) in [4.78, 5) is 1.18. The van der Waals surface area contributed by atoms with Crippen molar-refractivity contribution >= 4 is 56.4 Å². The van der Waals surface area contributed by atoms with Crippen molar-refractivity contribution in [2.75, 3.05) is 0 Å². The molecule has 0 amide bonds. The maximum absolute atomic E-state index is 6.06. The molecule has 0 fully saturated rings. The van der Waals surface area contributed by atoms with Gasteiger partial charge in [-0.3, -0.25) is 0 Å². The van der Waals surface area contributed by atoms with Crippen molar-refractivity contribution in [1.29, 1.82) is 0 Å². The molecule has 0 aliphatic rings. The maximum atomic E-state index is 6.06. The molecule has 0 aliphatic heterocycles. The highest BCUT2D eigenvalue weighted by atomic mass is 35.5. The van der Waals surface area contributed by atoms with Gasteiger partial charge in [0.2, 0.25) is 0 Å². The zero-order valence-electron chi connectivity index (χ0n) is 12.5. The normalized spacial score (nSPS) is 11.1. The molecule has 4 aromatic rings. The second-order valence-electron chi connectivity index (χ2n) is 5.32. The summed E-state index contributed by atoms with van der Waals surface area (Å²) in [6.45, 7) is 0. The van der Waals surface area contributed by atoms with Gasteiger partial charge >= 0.3 is 0 Å². The van der Waals surface area contributed by atoms with Crippen LogP contribution < -0.4 is 0 Å². The van der Waals surface area contributed by atoms with Gasteiger partial charge in [-0.15, -0.1) is 11.3 Å². The van der Waals surface area contributed by atoms with Gasteiger partial charge in [-0.2, -0.15) is 0 Å². The Morgan fingerprint density at radius 2 is 1.33 bits per heavy atom. The smallest absolute Gasteiger partial charge is 0.0737 e. The van der Waals surface area contributed by atoms with Crippen LogP contribution in [-0.4, -0.2) is 0 Å². The summed E-state index contributed by atoms with van der Waals surface area (Å²) in [5.74, 6) is 0. The van der Waals surface area contributed by atoms with Gasteiger partial charge < -0.3 is 0 Å². The van der Waals surface area contributed by atoms with Crippen molar-refractivity contribution in [2.24, 2.45) is 0 Å². The van der Waals surface area contributed by atoms with Crippen LogP contribution in [0, 0.1) is 0 Å². The van der Waals surface area contributed by atoms with Crippen LogP contribution in [0.2, 0.25) is 10.0 Å². The monoisotopic (exact) mass is 386 g/mol. The SMILES string of the molecule is Clc1ccc(Sc2sc3ccccc3c2-c2ccc(Cl)cc2)cc1. The van der Waals surface area contributed by atoms with Crippen molar-refractivity contribution < 1.29 is 0 Å². The zero-order valence-corrected chi connectivity index (χ0v) is 15.6. The fourth-order valence-corrected chi connectivity index (χ4v) is 5.34. The minimum Gasteiger partial charge on any atom is -0.128 e. The van der Waals surface area contributed by atoms with Gasteiger partial charge in [0.1, 0.15) is 0 Å². The first-order chi connectivity index (χ1) is 11.7. The Morgan fingerprint density at radius 3 is 2.04 bits per heavy atom. The molecule has 4 heteroatoms. The Hall–Kier alpha value is -1.45. The quantitative estimate of drug-likeness (QED) is 0.343. The van der Waals surface area contributed by atoms with Crippen LogP contribution in [0.1, 0.15) is 0 Å². The number of rotatable bonds is 3. The van der Waals surface area contributed by atoms with E-state index in [9.17, 15) is 0 Å². The van der Waals surface area contributed by atoms with Gasteiger partial charge in [0.15, 0.2) is 0 Å². The van der Waals surface area contributed by atoms with Crippen molar-refractivity contribution in [2.45, 2.75) is 9.10 Å². The molecule has 4 rings (SSSR count). The van der Waals surface area contributed by atoms with Gasteiger partial charge in [0.05, 0.1) is 4.21 Å². The zero-order chi connectivity index (χ0) is 16.5. The minimum absolute atomic E-state index is 0.755. The molecule has 0 spiro atoms. The van der Waals surface area contributed by atoms with Gasteiger partial charge in [-0.1, -0.05) is 65.3 Å². The van der Waals surface area contributed by atoms with Gasteiger partial charge in [0.25, 0.3) is 0 Å². The molecule has 118 valence electrons. The summed E-state index contributed by atoms with van der Waals surface area (Å²) in [6, 6.07) is 24.6. The predicted molar refractivity (Wildman–Crippen MR) is 108 cm³/mol. The molecule has 0 nitrogen and oxygen atoms in total. The first-order valence-electron chi connectivity index (χ1n) is 7.41. The van der Waals surface area contributed by atoms with E-state index >= 15 is 0 Å². The summed E-state index contributed by atoms with van der Waals surface area (Å²) in [5.41, 5.74) is 2.46. The minimum atomic E-state index is 0.755. The molecule has 0 saturated carbocycles. The Labute approximate surface area is 159 Å². The third-order valence-corrected chi connectivity index (χ3v) is 6.59. The Balaban J connectivity index is 1.86. The molecule has 0 saturated heterocycles. The van der Waals surface area contributed by atoms with Gasteiger partial charge in [-0.05, 0) is 48.0 Å². The van der Waals surface area contributed by atoms with E-state index in [1.165, 1.54) is 30.3 Å². The van der Waals surface area contributed by atoms with Crippen LogP contribution in [0.3, 0.4) is 0 Å². The molecule has 1 aromatic heterocycles. The third-order valence-electron chi connectivity index (χ3n) is 3.72. The number of thiophene rings is 1. The molecule has 1 heterocycles. The number of hydrogen-bond donors (Lipinski definition) is 0. The highest BCUT2D eigenvalue weighted by Crippen LogP contribution is 2.46. The van der Waals surface area contributed by atoms with Crippen LogP contribution in [-0.2, 0) is 0 Å². The van der Waals surface area contributed by atoms with Crippen molar-refractivity contribution in [3.63, 3.8) is 0 Å². The number of halogens is 2. The van der Waals surface area contributed by atoms with E-state index in [0.717, 1.165) is 10.0 Å². The topological polar surface area (TPSA) is 0 Å². The fraction of sp³-hybridized carbons (Fsp3) is 0. The summed E-state index contributed by atoms with van der Waals surface area (Å²) in [6.07, 6.45) is 0. The number of fused-ring (bicyclic) bond motifs is 1. The van der Waals surface area contributed by atoms with E-state index in [4.69, 9.17) is 23.2 Å². The summed E-state index contributed by atoms with van der Waals surface area (Å²) < 4.78 is 2.57. The second-order valence-corrected chi connectivity index (χ2v) is 8.59. The van der Waals surface area contributed by atoms with Crippen LogP contribution in [0.25, 0.3) is 21.2 Å². The molecular weight excluding hydrogens is 375 g/mol. The average molecular weight is 387 g/mol. The maximum Gasteiger partial charge on any atom is 0.0737 e. The molecule has 0 N–H and O–H groups in total. The standard InChI is InChI=1S/C20H12Cl2S2/c21-14-7-5-13(6-8-14)19-17-3-1-2-4-18(17)24-20(19)23-16-11-9-15(22)10-12-16/h1-12H. The van der Waals surface area contributed by atoms with Crippen molar-refractivity contribution in [3.8, 4) is 11.1 Å². The molecule has 0 bridgehead atoms. The Morgan fingerprint density at radius 1 is 0.708 bits per heavy atom. The Bertz CT molecular complexity index is 987. The summed E-state index contributed by atoms with van der Waals surface area (Å²) >= 11 is 15.7. The van der Waals surface area contributed by atoms with E-state index in [-0.39, 0.29) is 0 Å². The molecular formula is C20H12Cl2S2. The molecule has 3 aromatic carbocycles. The molecule has 0 radical (unpaired) electrons. The van der Waals surface area contributed by atoms with Crippen LogP contribution in [0.15, 0.2) is 81.9 Å².